The summed E-state index contributed by atoms with van der Waals surface area (Å²) in [5.41, 5.74) is -0.491. The number of hydrogen-bond acceptors (Lipinski definition) is 4. The normalized spacial score (nSPS) is 20.8. The Hall–Kier alpha value is -1.30. The van der Waals surface area contributed by atoms with E-state index in [0.29, 0.717) is 26.2 Å². The second-order valence-electron chi connectivity index (χ2n) is 5.39. The summed E-state index contributed by atoms with van der Waals surface area (Å²) in [6.45, 7) is 9.51. The maximum atomic E-state index is 11.5. The van der Waals surface area contributed by atoms with Crippen LogP contribution in [0.25, 0.3) is 0 Å². The molecule has 0 radical (unpaired) electrons. The lowest BCUT2D eigenvalue weighted by molar-refractivity contribution is -0.132. The molecule has 18 heavy (non-hydrogen) atoms. The lowest BCUT2D eigenvalue weighted by Gasteiger charge is -2.33. The molecule has 1 aliphatic rings. The van der Waals surface area contributed by atoms with E-state index in [2.05, 4.69) is 10.6 Å². The Kier molecular flexibility index (Phi) is 4.95. The predicted molar refractivity (Wildman–Crippen MR) is 68.3 cm³/mol. The topological polar surface area (TPSA) is 70.7 Å². The zero-order valence-corrected chi connectivity index (χ0v) is 11.6. The Bertz CT molecular complexity index is 312. The van der Waals surface area contributed by atoms with E-state index in [-0.39, 0.29) is 11.9 Å². The number of amides is 2. The summed E-state index contributed by atoms with van der Waals surface area (Å²) >= 11 is 0. The number of piperazine rings is 1. The SMILES string of the molecule is CCN1CC(CNC(=O)OC(C)(C)C)NCC1=O. The molecule has 1 saturated heterocycles. The van der Waals surface area contributed by atoms with Crippen molar-refractivity contribution in [1.29, 1.82) is 0 Å². The largest absolute Gasteiger partial charge is 0.444 e. The van der Waals surface area contributed by atoms with Crippen LogP contribution in [0.4, 0.5) is 4.79 Å². The molecule has 6 heteroatoms. The van der Waals surface area contributed by atoms with Gasteiger partial charge in [-0.15, -0.1) is 0 Å². The van der Waals surface area contributed by atoms with E-state index in [1.807, 2.05) is 27.7 Å². The van der Waals surface area contributed by atoms with Gasteiger partial charge >= 0.3 is 6.09 Å². The van der Waals surface area contributed by atoms with Gasteiger partial charge in [-0.25, -0.2) is 4.79 Å². The van der Waals surface area contributed by atoms with Crippen LogP contribution < -0.4 is 10.6 Å². The smallest absolute Gasteiger partial charge is 0.407 e. The number of alkyl carbamates (subject to hydrolysis) is 1. The molecule has 6 nitrogen and oxygen atoms in total. The van der Waals surface area contributed by atoms with Crippen LogP contribution in [0.2, 0.25) is 0 Å². The van der Waals surface area contributed by atoms with Gasteiger partial charge in [0.05, 0.1) is 6.54 Å². The fourth-order valence-corrected chi connectivity index (χ4v) is 1.74. The number of carbonyl (C=O) groups excluding carboxylic acids is 2. The minimum Gasteiger partial charge on any atom is -0.444 e. The lowest BCUT2D eigenvalue weighted by atomic mass is 10.2. The molecule has 2 amide bonds. The van der Waals surface area contributed by atoms with Crippen molar-refractivity contribution in [2.45, 2.75) is 39.3 Å². The Labute approximate surface area is 108 Å². The molecule has 104 valence electrons. The number of nitrogens with zero attached hydrogens (tertiary/aromatic N) is 1. The lowest BCUT2D eigenvalue weighted by Crippen LogP contribution is -2.57. The van der Waals surface area contributed by atoms with Crippen molar-refractivity contribution in [3.8, 4) is 0 Å². The maximum Gasteiger partial charge on any atom is 0.407 e. The molecule has 1 rings (SSSR count). The summed E-state index contributed by atoms with van der Waals surface area (Å²) in [4.78, 5) is 24.7. The highest BCUT2D eigenvalue weighted by molar-refractivity contribution is 5.79. The monoisotopic (exact) mass is 257 g/mol. The van der Waals surface area contributed by atoms with Crippen molar-refractivity contribution in [3.63, 3.8) is 0 Å². The van der Waals surface area contributed by atoms with Crippen LogP contribution in [-0.2, 0) is 9.53 Å². The molecule has 2 N–H and O–H groups in total. The standard InChI is InChI=1S/C12H23N3O3/c1-5-15-8-9(13-7-10(15)16)6-14-11(17)18-12(2,3)4/h9,13H,5-8H2,1-4H3,(H,14,17). The molecule has 0 aromatic rings. The van der Waals surface area contributed by atoms with Crippen molar-refractivity contribution < 1.29 is 14.3 Å². The van der Waals surface area contributed by atoms with Gasteiger partial charge in [-0.2, -0.15) is 0 Å². The van der Waals surface area contributed by atoms with Crippen LogP contribution >= 0.6 is 0 Å². The first-order valence-corrected chi connectivity index (χ1v) is 6.30. The average molecular weight is 257 g/mol. The van der Waals surface area contributed by atoms with Gasteiger partial charge in [0.15, 0.2) is 0 Å². The molecule has 0 aromatic heterocycles. The van der Waals surface area contributed by atoms with Gasteiger partial charge in [0.2, 0.25) is 5.91 Å². The van der Waals surface area contributed by atoms with Gasteiger partial charge in [-0.1, -0.05) is 0 Å². The zero-order chi connectivity index (χ0) is 13.8. The summed E-state index contributed by atoms with van der Waals surface area (Å²) in [6.07, 6.45) is -0.427. The van der Waals surface area contributed by atoms with Gasteiger partial charge in [-0.3, -0.25) is 4.79 Å². The first kappa shape index (κ1) is 14.8. The van der Waals surface area contributed by atoms with Gasteiger partial charge < -0.3 is 20.3 Å². The molecule has 0 bridgehead atoms. The van der Waals surface area contributed by atoms with Crippen LogP contribution in [0.1, 0.15) is 27.7 Å². The van der Waals surface area contributed by atoms with E-state index < -0.39 is 11.7 Å². The Morgan fingerprint density at radius 2 is 2.22 bits per heavy atom. The summed E-state index contributed by atoms with van der Waals surface area (Å²) in [7, 11) is 0. The van der Waals surface area contributed by atoms with E-state index in [9.17, 15) is 9.59 Å². The number of nitrogens with one attached hydrogen (secondary N) is 2. The molecule has 0 aliphatic carbocycles. The van der Waals surface area contributed by atoms with E-state index in [1.165, 1.54) is 0 Å². The highest BCUT2D eigenvalue weighted by atomic mass is 16.6. The second kappa shape index (κ2) is 6.04. The third-order valence-corrected chi connectivity index (χ3v) is 2.61. The average Bonchev–Trinajstić information content (AvgIpc) is 2.25. The highest BCUT2D eigenvalue weighted by Gasteiger charge is 2.24. The van der Waals surface area contributed by atoms with Crippen molar-refractivity contribution >= 4 is 12.0 Å². The van der Waals surface area contributed by atoms with Gasteiger partial charge in [0.25, 0.3) is 0 Å². The van der Waals surface area contributed by atoms with E-state index in [1.54, 1.807) is 4.90 Å². The molecule has 1 aliphatic heterocycles. The number of ether oxygens (including phenoxy) is 1. The van der Waals surface area contributed by atoms with E-state index in [4.69, 9.17) is 4.74 Å². The molecular formula is C12H23N3O3. The van der Waals surface area contributed by atoms with Crippen molar-refractivity contribution in [1.82, 2.24) is 15.5 Å². The highest BCUT2D eigenvalue weighted by Crippen LogP contribution is 2.06. The third kappa shape index (κ3) is 4.91. The fraction of sp³-hybridized carbons (Fsp3) is 0.833. The maximum absolute atomic E-state index is 11.5. The quantitative estimate of drug-likeness (QED) is 0.764. The summed E-state index contributed by atoms with van der Waals surface area (Å²) in [5.74, 6) is 0.103. The molecular weight excluding hydrogens is 234 g/mol. The number of hydrogen-bond donors (Lipinski definition) is 2. The molecule has 0 spiro atoms. The van der Waals surface area contributed by atoms with Crippen molar-refractivity contribution in [2.75, 3.05) is 26.2 Å². The fourth-order valence-electron chi connectivity index (χ4n) is 1.74. The molecule has 1 atom stereocenters. The number of likely N-dealkylation sites (N-methyl/N-ethyl adjacent to an activating group) is 1. The molecule has 1 fully saturated rings. The minimum absolute atomic E-state index is 0.0789. The summed E-state index contributed by atoms with van der Waals surface area (Å²) in [6, 6.07) is 0.0789. The zero-order valence-electron chi connectivity index (χ0n) is 11.6. The molecule has 1 unspecified atom stereocenters. The van der Waals surface area contributed by atoms with Crippen LogP contribution in [0.5, 0.6) is 0 Å². The van der Waals surface area contributed by atoms with Crippen molar-refractivity contribution in [2.24, 2.45) is 0 Å². The van der Waals surface area contributed by atoms with E-state index >= 15 is 0 Å². The van der Waals surface area contributed by atoms with Crippen LogP contribution in [0, 0.1) is 0 Å². The first-order valence-electron chi connectivity index (χ1n) is 6.30. The van der Waals surface area contributed by atoms with E-state index in [0.717, 1.165) is 0 Å². The van der Waals surface area contributed by atoms with Gasteiger partial charge in [0, 0.05) is 25.7 Å². The van der Waals surface area contributed by atoms with Crippen LogP contribution in [0.3, 0.4) is 0 Å². The molecule has 0 aromatic carbocycles. The Morgan fingerprint density at radius 1 is 1.56 bits per heavy atom. The Balaban J connectivity index is 2.31. The van der Waals surface area contributed by atoms with Crippen LogP contribution in [-0.4, -0.2) is 54.7 Å². The predicted octanol–water partition coefficient (Wildman–Crippen LogP) is 0.331. The second-order valence-corrected chi connectivity index (χ2v) is 5.39. The number of carbonyl (C=O) groups is 2. The van der Waals surface area contributed by atoms with Crippen molar-refractivity contribution in [3.05, 3.63) is 0 Å². The summed E-state index contributed by atoms with van der Waals surface area (Å²) < 4.78 is 5.14. The minimum atomic E-state index is -0.491. The van der Waals surface area contributed by atoms with Gasteiger partial charge in [-0.05, 0) is 27.7 Å². The summed E-state index contributed by atoms with van der Waals surface area (Å²) in [5, 5.41) is 5.80. The molecule has 1 heterocycles. The third-order valence-electron chi connectivity index (χ3n) is 2.61. The van der Waals surface area contributed by atoms with Gasteiger partial charge in [0.1, 0.15) is 5.60 Å². The first-order chi connectivity index (χ1) is 8.31. The molecule has 0 saturated carbocycles. The Morgan fingerprint density at radius 3 is 2.78 bits per heavy atom. The van der Waals surface area contributed by atoms with Crippen LogP contribution in [0.15, 0.2) is 0 Å². The number of rotatable bonds is 3.